The molecule has 0 heterocycles. The van der Waals surface area contributed by atoms with Gasteiger partial charge in [0, 0.05) is 12.8 Å². The molecule has 48 heavy (non-hydrogen) atoms. The Kier molecular flexibility index (Phi) is 15.4. The number of hydrogen-bond acceptors (Lipinski definition) is 2. The van der Waals surface area contributed by atoms with E-state index in [-0.39, 0.29) is 12.1 Å². The Labute approximate surface area is 297 Å². The van der Waals surface area contributed by atoms with Gasteiger partial charge in [0.1, 0.15) is 6.10 Å². The van der Waals surface area contributed by atoms with Crippen LogP contribution in [0.5, 0.6) is 0 Å². The summed E-state index contributed by atoms with van der Waals surface area (Å²) in [6.07, 6.45) is 42.2. The van der Waals surface area contributed by atoms with Crippen LogP contribution in [0, 0.1) is 52.3 Å². The van der Waals surface area contributed by atoms with Crippen LogP contribution in [-0.4, -0.2) is 12.1 Å². The SMILES string of the molecule is CC/C=C/C=C/C=C/CCCCCCCCCC(=O)OC1CCC2(C)C(=CCC3C2CCC2(C)C(C(C)/C=C/C(C)C(C)C)CCC32)C1. The molecule has 0 aromatic heterocycles. The van der Waals surface area contributed by atoms with E-state index in [0.717, 1.165) is 55.8 Å². The van der Waals surface area contributed by atoms with Gasteiger partial charge in [0.2, 0.25) is 0 Å². The summed E-state index contributed by atoms with van der Waals surface area (Å²) in [5.74, 6) is 5.44. The average Bonchev–Trinajstić information content (AvgIpc) is 3.42. The van der Waals surface area contributed by atoms with Crippen molar-refractivity contribution in [3.05, 3.63) is 60.3 Å². The van der Waals surface area contributed by atoms with E-state index in [1.165, 1.54) is 77.0 Å². The summed E-state index contributed by atoms with van der Waals surface area (Å²) in [6, 6.07) is 0. The van der Waals surface area contributed by atoms with Crippen molar-refractivity contribution in [3.63, 3.8) is 0 Å². The Hall–Kier alpha value is -1.83. The van der Waals surface area contributed by atoms with E-state index in [1.807, 2.05) is 0 Å². The maximum absolute atomic E-state index is 12.8. The molecule has 0 bridgehead atoms. The van der Waals surface area contributed by atoms with Gasteiger partial charge in [0.05, 0.1) is 0 Å². The lowest BCUT2D eigenvalue weighted by atomic mass is 9.47. The summed E-state index contributed by atoms with van der Waals surface area (Å²) in [5, 5.41) is 0. The zero-order valence-corrected chi connectivity index (χ0v) is 32.4. The molecule has 0 aromatic carbocycles. The van der Waals surface area contributed by atoms with Crippen LogP contribution in [0.3, 0.4) is 0 Å². The summed E-state index contributed by atoms with van der Waals surface area (Å²) in [6.45, 7) is 17.0. The van der Waals surface area contributed by atoms with Crippen molar-refractivity contribution >= 4 is 5.97 Å². The van der Waals surface area contributed by atoms with Crippen LogP contribution >= 0.6 is 0 Å². The first-order chi connectivity index (χ1) is 23.1. The molecule has 0 saturated heterocycles. The summed E-state index contributed by atoms with van der Waals surface area (Å²) >= 11 is 0. The number of ether oxygens (including phenoxy) is 1. The molecule has 0 amide bonds. The Morgan fingerprint density at radius 1 is 0.833 bits per heavy atom. The molecule has 0 aliphatic heterocycles. The van der Waals surface area contributed by atoms with E-state index in [4.69, 9.17) is 4.74 Å². The first-order valence-corrected chi connectivity index (χ1v) is 20.7. The van der Waals surface area contributed by atoms with Gasteiger partial charge in [0.25, 0.3) is 0 Å². The topological polar surface area (TPSA) is 26.3 Å². The van der Waals surface area contributed by atoms with Gasteiger partial charge >= 0.3 is 5.97 Å². The monoisotopic (exact) mass is 659 g/mol. The van der Waals surface area contributed by atoms with E-state index in [1.54, 1.807) is 5.57 Å². The van der Waals surface area contributed by atoms with Crippen molar-refractivity contribution in [2.75, 3.05) is 0 Å². The molecule has 0 aromatic rings. The van der Waals surface area contributed by atoms with E-state index in [2.05, 4.69) is 103 Å². The van der Waals surface area contributed by atoms with E-state index in [0.29, 0.717) is 35.0 Å². The zero-order chi connectivity index (χ0) is 34.6. The van der Waals surface area contributed by atoms with Crippen molar-refractivity contribution < 1.29 is 9.53 Å². The largest absolute Gasteiger partial charge is 0.462 e. The van der Waals surface area contributed by atoms with Crippen molar-refractivity contribution in [2.45, 2.75) is 170 Å². The van der Waals surface area contributed by atoms with Crippen LogP contribution in [0.4, 0.5) is 0 Å². The molecule has 4 aliphatic carbocycles. The van der Waals surface area contributed by atoms with Gasteiger partial charge in [-0.1, -0.05) is 141 Å². The normalized spacial score (nSPS) is 33.3. The van der Waals surface area contributed by atoms with Crippen LogP contribution < -0.4 is 0 Å². The molecule has 4 aliphatic rings. The number of hydrogen-bond donors (Lipinski definition) is 0. The van der Waals surface area contributed by atoms with Crippen LogP contribution in [0.1, 0.15) is 164 Å². The molecule has 0 spiro atoms. The minimum atomic E-state index is 0.0419. The van der Waals surface area contributed by atoms with Crippen molar-refractivity contribution in [1.29, 1.82) is 0 Å². The lowest BCUT2D eigenvalue weighted by molar-refractivity contribution is -0.151. The van der Waals surface area contributed by atoms with Crippen LogP contribution in [0.2, 0.25) is 0 Å². The smallest absolute Gasteiger partial charge is 0.306 e. The third kappa shape index (κ3) is 10.1. The summed E-state index contributed by atoms with van der Waals surface area (Å²) < 4.78 is 6.12. The number of rotatable bonds is 18. The lowest BCUT2D eigenvalue weighted by Crippen LogP contribution is -2.51. The highest BCUT2D eigenvalue weighted by Gasteiger charge is 2.59. The van der Waals surface area contributed by atoms with Crippen molar-refractivity contribution in [1.82, 2.24) is 0 Å². The maximum atomic E-state index is 12.8. The molecule has 9 unspecified atom stereocenters. The van der Waals surface area contributed by atoms with E-state index < -0.39 is 0 Å². The minimum Gasteiger partial charge on any atom is -0.462 e. The summed E-state index contributed by atoms with van der Waals surface area (Å²) in [5.41, 5.74) is 2.42. The Morgan fingerprint density at radius 2 is 1.54 bits per heavy atom. The molecule has 270 valence electrons. The predicted octanol–water partition coefficient (Wildman–Crippen LogP) is 13.6. The third-order valence-corrected chi connectivity index (χ3v) is 13.9. The maximum Gasteiger partial charge on any atom is 0.306 e. The van der Waals surface area contributed by atoms with Gasteiger partial charge in [-0.05, 0) is 123 Å². The molecular formula is C46H74O2. The predicted molar refractivity (Wildman–Crippen MR) is 207 cm³/mol. The fraction of sp³-hybridized carbons (Fsp3) is 0.761. The summed E-state index contributed by atoms with van der Waals surface area (Å²) in [4.78, 5) is 12.8. The Morgan fingerprint density at radius 3 is 2.27 bits per heavy atom. The molecule has 9 atom stereocenters. The second kappa shape index (κ2) is 19.0. The van der Waals surface area contributed by atoms with Gasteiger partial charge < -0.3 is 4.74 Å². The van der Waals surface area contributed by atoms with Crippen LogP contribution in [-0.2, 0) is 9.53 Å². The minimum absolute atomic E-state index is 0.0419. The fourth-order valence-electron chi connectivity index (χ4n) is 10.5. The number of fused-ring (bicyclic) bond motifs is 5. The fourth-order valence-corrected chi connectivity index (χ4v) is 10.5. The van der Waals surface area contributed by atoms with Gasteiger partial charge in [-0.15, -0.1) is 0 Å². The second-order valence-corrected chi connectivity index (χ2v) is 17.4. The van der Waals surface area contributed by atoms with Gasteiger partial charge in [-0.2, -0.15) is 0 Å². The molecule has 3 saturated carbocycles. The average molecular weight is 659 g/mol. The van der Waals surface area contributed by atoms with Gasteiger partial charge in [0.15, 0.2) is 0 Å². The first kappa shape index (κ1) is 39.0. The molecule has 4 rings (SSSR count). The number of esters is 1. The van der Waals surface area contributed by atoms with Crippen LogP contribution in [0.25, 0.3) is 0 Å². The number of unbranched alkanes of at least 4 members (excludes halogenated alkanes) is 7. The van der Waals surface area contributed by atoms with E-state index in [9.17, 15) is 4.79 Å². The Bertz CT molecular complexity index is 1140. The third-order valence-electron chi connectivity index (χ3n) is 13.9. The summed E-state index contributed by atoms with van der Waals surface area (Å²) in [7, 11) is 0. The number of carbonyl (C=O) groups excluding carboxylic acids is 1. The lowest BCUT2D eigenvalue weighted by Gasteiger charge is -2.58. The second-order valence-electron chi connectivity index (χ2n) is 17.4. The highest BCUT2D eigenvalue weighted by molar-refractivity contribution is 5.69. The van der Waals surface area contributed by atoms with Gasteiger partial charge in [-0.25, -0.2) is 0 Å². The highest BCUT2D eigenvalue weighted by atomic mass is 16.5. The van der Waals surface area contributed by atoms with E-state index >= 15 is 0 Å². The highest BCUT2D eigenvalue weighted by Crippen LogP contribution is 2.67. The molecule has 0 radical (unpaired) electrons. The Balaban J connectivity index is 1.15. The molecular weight excluding hydrogens is 585 g/mol. The number of carbonyl (C=O) groups is 1. The van der Waals surface area contributed by atoms with Crippen molar-refractivity contribution in [2.24, 2.45) is 52.3 Å². The standard InChI is InChI=1S/C46H74O2/c1-8-9-10-11-12-13-14-15-16-17-18-19-20-21-22-23-44(47)48-39-30-32-45(6)38(34-39)26-27-40-42-29-28-41(46(42,7)33-31-43(40)45)37(5)25-24-36(4)35(2)3/h9-14,24-26,35-37,39-43H,8,15-23,27-34H2,1-7H3/b10-9+,12-11+,14-13+,25-24+. The first-order valence-electron chi connectivity index (χ1n) is 20.7. The zero-order valence-electron chi connectivity index (χ0n) is 32.4. The van der Waals surface area contributed by atoms with Gasteiger partial charge in [-0.3, -0.25) is 4.79 Å². The molecule has 0 N–H and O–H groups in total. The van der Waals surface area contributed by atoms with Crippen LogP contribution in [0.15, 0.2) is 60.3 Å². The molecule has 2 heteroatoms. The quantitative estimate of drug-likeness (QED) is 0.0634. The number of allylic oxidation sites excluding steroid dienone is 9. The molecule has 2 nitrogen and oxygen atoms in total. The molecule has 3 fully saturated rings. The van der Waals surface area contributed by atoms with Crippen molar-refractivity contribution in [3.8, 4) is 0 Å².